The number of hydrogen-bond acceptors (Lipinski definition) is 5. The summed E-state index contributed by atoms with van der Waals surface area (Å²) in [6.07, 6.45) is 0.271. The number of amides is 1. The van der Waals surface area contributed by atoms with E-state index in [1.165, 1.54) is 23.1 Å². The second kappa shape index (κ2) is 7.96. The summed E-state index contributed by atoms with van der Waals surface area (Å²) in [5.74, 6) is -1.47. The summed E-state index contributed by atoms with van der Waals surface area (Å²) in [5.41, 5.74) is 0.375. The number of halogens is 2. The zero-order valence-electron chi connectivity index (χ0n) is 15.7. The van der Waals surface area contributed by atoms with Gasteiger partial charge in [0.05, 0.1) is 16.9 Å². The summed E-state index contributed by atoms with van der Waals surface area (Å²) in [4.78, 5) is 27.1. The second-order valence-corrected chi connectivity index (χ2v) is 10.4. The van der Waals surface area contributed by atoms with E-state index in [1.807, 2.05) is 0 Å². The molecule has 0 saturated carbocycles. The van der Waals surface area contributed by atoms with Crippen molar-refractivity contribution in [2.24, 2.45) is 0 Å². The Hall–Kier alpha value is -2.52. The van der Waals surface area contributed by atoms with Crippen molar-refractivity contribution in [3.8, 4) is 0 Å². The lowest BCUT2D eigenvalue weighted by atomic mass is 10.1. The van der Waals surface area contributed by atoms with Crippen LogP contribution in [0.3, 0.4) is 0 Å². The molecule has 0 spiro atoms. The maximum Gasteiger partial charge on any atom is 0.290 e. The van der Waals surface area contributed by atoms with Crippen LogP contribution >= 0.6 is 15.9 Å². The molecular weight excluding hydrogens is 477 g/mol. The molecule has 2 heterocycles. The van der Waals surface area contributed by atoms with Gasteiger partial charge in [-0.05, 0) is 42.3 Å². The fraction of sp³-hybridized carbons (Fsp3) is 0.238. The molecule has 2 aromatic carbocycles. The smallest absolute Gasteiger partial charge is 0.290 e. The highest BCUT2D eigenvalue weighted by Crippen LogP contribution is 2.24. The van der Waals surface area contributed by atoms with Crippen LogP contribution in [0.4, 0.5) is 4.39 Å². The molecule has 0 bridgehead atoms. The van der Waals surface area contributed by atoms with Gasteiger partial charge in [-0.2, -0.15) is 0 Å². The Balaban J connectivity index is 1.75. The molecule has 1 saturated heterocycles. The van der Waals surface area contributed by atoms with Crippen molar-refractivity contribution in [1.29, 1.82) is 0 Å². The lowest BCUT2D eigenvalue weighted by Gasteiger charge is -2.28. The van der Waals surface area contributed by atoms with Crippen LogP contribution in [0.15, 0.2) is 62.2 Å². The molecule has 0 radical (unpaired) electrons. The van der Waals surface area contributed by atoms with Crippen LogP contribution in [0.2, 0.25) is 0 Å². The van der Waals surface area contributed by atoms with Gasteiger partial charge < -0.3 is 9.32 Å². The SMILES string of the molecule is O=C(c1cc(=O)c2ccc(Br)cc2o1)N(Cc1cccc(F)c1)[C@H]1CCS(=O)(=O)C1. The second-order valence-electron chi connectivity index (χ2n) is 7.24. The molecule has 3 aromatic rings. The zero-order chi connectivity index (χ0) is 21.5. The monoisotopic (exact) mass is 493 g/mol. The van der Waals surface area contributed by atoms with Gasteiger partial charge in [-0.3, -0.25) is 9.59 Å². The number of sulfone groups is 1. The molecule has 30 heavy (non-hydrogen) atoms. The number of rotatable bonds is 4. The topological polar surface area (TPSA) is 84.7 Å². The van der Waals surface area contributed by atoms with E-state index in [4.69, 9.17) is 4.42 Å². The minimum Gasteiger partial charge on any atom is -0.451 e. The van der Waals surface area contributed by atoms with E-state index < -0.39 is 27.6 Å². The largest absolute Gasteiger partial charge is 0.451 e. The normalized spacial score (nSPS) is 17.9. The number of fused-ring (bicyclic) bond motifs is 1. The number of hydrogen-bond donors (Lipinski definition) is 0. The molecule has 6 nitrogen and oxygen atoms in total. The number of carbonyl (C=O) groups is 1. The van der Waals surface area contributed by atoms with E-state index in [0.29, 0.717) is 15.4 Å². The van der Waals surface area contributed by atoms with Crippen LogP contribution in [0.5, 0.6) is 0 Å². The first-order chi connectivity index (χ1) is 14.2. The van der Waals surface area contributed by atoms with Crippen molar-refractivity contribution in [1.82, 2.24) is 4.90 Å². The van der Waals surface area contributed by atoms with Crippen LogP contribution in [-0.2, 0) is 16.4 Å². The first-order valence-corrected chi connectivity index (χ1v) is 11.8. The molecule has 0 N–H and O–H groups in total. The number of nitrogens with zero attached hydrogens (tertiary/aromatic N) is 1. The van der Waals surface area contributed by atoms with Crippen molar-refractivity contribution in [3.63, 3.8) is 0 Å². The van der Waals surface area contributed by atoms with Crippen LogP contribution < -0.4 is 5.43 Å². The first-order valence-electron chi connectivity index (χ1n) is 9.21. The molecule has 1 aromatic heterocycles. The Kier molecular flexibility index (Phi) is 5.50. The highest BCUT2D eigenvalue weighted by atomic mass is 79.9. The minimum absolute atomic E-state index is 0.00296. The van der Waals surface area contributed by atoms with Gasteiger partial charge in [0.2, 0.25) is 0 Å². The summed E-state index contributed by atoms with van der Waals surface area (Å²) in [6, 6.07) is 11.1. The molecule has 1 fully saturated rings. The van der Waals surface area contributed by atoms with Crippen molar-refractivity contribution in [3.05, 3.63) is 80.4 Å². The fourth-order valence-electron chi connectivity index (χ4n) is 3.60. The highest BCUT2D eigenvalue weighted by molar-refractivity contribution is 9.10. The quantitative estimate of drug-likeness (QED) is 0.554. The maximum absolute atomic E-state index is 13.6. The van der Waals surface area contributed by atoms with Gasteiger partial charge in [-0.1, -0.05) is 28.1 Å². The van der Waals surface area contributed by atoms with Crippen molar-refractivity contribution < 1.29 is 22.0 Å². The summed E-state index contributed by atoms with van der Waals surface area (Å²) >= 11 is 3.31. The lowest BCUT2D eigenvalue weighted by Crippen LogP contribution is -2.41. The van der Waals surface area contributed by atoms with Crippen molar-refractivity contribution in [2.45, 2.75) is 19.0 Å². The van der Waals surface area contributed by atoms with Crippen LogP contribution in [0.25, 0.3) is 11.0 Å². The van der Waals surface area contributed by atoms with Crippen LogP contribution in [0.1, 0.15) is 22.5 Å². The number of carbonyl (C=O) groups excluding carboxylic acids is 1. The fourth-order valence-corrected chi connectivity index (χ4v) is 5.67. The van der Waals surface area contributed by atoms with Gasteiger partial charge in [0, 0.05) is 23.1 Å². The molecule has 1 aliphatic rings. The van der Waals surface area contributed by atoms with E-state index in [-0.39, 0.29) is 41.2 Å². The molecule has 1 atom stereocenters. The first kappa shape index (κ1) is 20.7. The van der Waals surface area contributed by atoms with E-state index in [9.17, 15) is 22.4 Å². The highest BCUT2D eigenvalue weighted by Gasteiger charge is 2.36. The van der Waals surface area contributed by atoms with Gasteiger partial charge in [0.25, 0.3) is 5.91 Å². The van der Waals surface area contributed by atoms with Gasteiger partial charge in [-0.15, -0.1) is 0 Å². The molecule has 4 rings (SSSR count). The number of benzene rings is 2. The van der Waals surface area contributed by atoms with Crippen molar-refractivity contribution in [2.75, 3.05) is 11.5 Å². The average molecular weight is 494 g/mol. The molecule has 0 aliphatic carbocycles. The van der Waals surface area contributed by atoms with Crippen LogP contribution in [-0.4, -0.2) is 36.8 Å². The molecule has 156 valence electrons. The summed E-state index contributed by atoms with van der Waals surface area (Å²) in [7, 11) is -3.27. The Morgan fingerprint density at radius 3 is 2.70 bits per heavy atom. The van der Waals surface area contributed by atoms with E-state index in [2.05, 4.69) is 15.9 Å². The van der Waals surface area contributed by atoms with Crippen molar-refractivity contribution >= 4 is 42.6 Å². The van der Waals surface area contributed by atoms with E-state index >= 15 is 0 Å². The minimum atomic E-state index is -3.27. The van der Waals surface area contributed by atoms with E-state index in [0.717, 1.165) is 6.07 Å². The average Bonchev–Trinajstić information content (AvgIpc) is 3.04. The van der Waals surface area contributed by atoms with E-state index in [1.54, 1.807) is 24.3 Å². The summed E-state index contributed by atoms with van der Waals surface area (Å²) in [5, 5.41) is 0.329. The zero-order valence-corrected chi connectivity index (χ0v) is 18.1. The third kappa shape index (κ3) is 4.32. The molecule has 9 heteroatoms. The predicted octanol–water partition coefficient (Wildman–Crippen LogP) is 3.52. The third-order valence-electron chi connectivity index (χ3n) is 5.05. The van der Waals surface area contributed by atoms with Gasteiger partial charge in [0.15, 0.2) is 21.0 Å². The van der Waals surface area contributed by atoms with Gasteiger partial charge >= 0.3 is 0 Å². The summed E-state index contributed by atoms with van der Waals surface area (Å²) < 4.78 is 44.0. The molecular formula is C21H17BrFNO5S. The molecule has 0 unspecified atom stereocenters. The lowest BCUT2D eigenvalue weighted by molar-refractivity contribution is 0.0648. The predicted molar refractivity (Wildman–Crippen MR) is 114 cm³/mol. The Bertz CT molecular complexity index is 1300. The standard InChI is InChI=1S/C21H17BrFNO5S/c22-14-4-5-17-18(25)10-20(29-19(17)9-14)21(26)24(16-6-7-30(27,28)12-16)11-13-2-1-3-15(23)8-13/h1-5,8-10,16H,6-7,11-12H2/t16-/m0/s1. The Labute approximate surface area is 180 Å². The van der Waals surface area contributed by atoms with Gasteiger partial charge in [-0.25, -0.2) is 12.8 Å². The maximum atomic E-state index is 13.6. The van der Waals surface area contributed by atoms with Gasteiger partial charge in [0.1, 0.15) is 11.4 Å². The third-order valence-corrected chi connectivity index (χ3v) is 7.30. The summed E-state index contributed by atoms with van der Waals surface area (Å²) in [6.45, 7) is -0.00296. The Morgan fingerprint density at radius 2 is 2.00 bits per heavy atom. The molecule has 1 aliphatic heterocycles. The van der Waals surface area contributed by atoms with Crippen LogP contribution in [0, 0.1) is 5.82 Å². The molecule has 1 amide bonds. The Morgan fingerprint density at radius 1 is 1.20 bits per heavy atom.